The van der Waals surface area contributed by atoms with Crippen molar-refractivity contribution in [2.75, 3.05) is 7.11 Å². The number of halogens is 3. The zero-order valence-electron chi connectivity index (χ0n) is 20.4. The van der Waals surface area contributed by atoms with E-state index in [-0.39, 0.29) is 10.8 Å². The number of nitrogens with zero attached hydrogens (tertiary/aromatic N) is 1. The van der Waals surface area contributed by atoms with Gasteiger partial charge in [0.25, 0.3) is 0 Å². The van der Waals surface area contributed by atoms with Crippen molar-refractivity contribution < 1.29 is 26.3 Å². The van der Waals surface area contributed by atoms with E-state index in [1.807, 2.05) is 35.0 Å². The molecular formula is C28H27F3N2O3S. The molecule has 1 aliphatic rings. The number of ether oxygens (including phenoxy) is 1. The van der Waals surface area contributed by atoms with Crippen molar-refractivity contribution in [2.45, 2.75) is 43.8 Å². The minimum Gasteiger partial charge on any atom is -0.497 e. The van der Waals surface area contributed by atoms with E-state index in [9.17, 15) is 21.6 Å². The molecule has 0 amide bonds. The quantitative estimate of drug-likeness (QED) is 0.283. The zero-order valence-corrected chi connectivity index (χ0v) is 21.2. The molecule has 9 heteroatoms. The first-order chi connectivity index (χ1) is 17.6. The second kappa shape index (κ2) is 9.54. The molecule has 194 valence electrons. The maximum absolute atomic E-state index is 13.7. The molecular weight excluding hydrogens is 501 g/mol. The van der Waals surface area contributed by atoms with Gasteiger partial charge in [-0.25, -0.2) is 13.1 Å². The number of benzene rings is 3. The number of aromatic nitrogens is 1. The van der Waals surface area contributed by atoms with Gasteiger partial charge >= 0.3 is 6.18 Å². The topological polar surface area (TPSA) is 60.3 Å². The van der Waals surface area contributed by atoms with Crippen LogP contribution in [0.2, 0.25) is 0 Å². The van der Waals surface area contributed by atoms with Crippen molar-refractivity contribution in [3.05, 3.63) is 89.6 Å². The predicted octanol–water partition coefficient (Wildman–Crippen LogP) is 6.53. The van der Waals surface area contributed by atoms with E-state index in [1.54, 1.807) is 38.3 Å². The number of sulfonamides is 1. The summed E-state index contributed by atoms with van der Waals surface area (Å²) in [6.45, 7) is 2.24. The van der Waals surface area contributed by atoms with E-state index >= 15 is 0 Å². The van der Waals surface area contributed by atoms with E-state index in [2.05, 4.69) is 4.72 Å². The Morgan fingerprint density at radius 2 is 1.76 bits per heavy atom. The van der Waals surface area contributed by atoms with E-state index in [0.29, 0.717) is 24.9 Å². The maximum atomic E-state index is 13.7. The number of nitrogens with one attached hydrogen (secondary N) is 1. The van der Waals surface area contributed by atoms with E-state index in [4.69, 9.17) is 4.74 Å². The van der Waals surface area contributed by atoms with Crippen molar-refractivity contribution in [3.63, 3.8) is 0 Å². The number of alkyl halides is 3. The van der Waals surface area contributed by atoms with Gasteiger partial charge in [0, 0.05) is 29.7 Å². The summed E-state index contributed by atoms with van der Waals surface area (Å²) in [6, 6.07) is 17.7. The number of hydrogen-bond acceptors (Lipinski definition) is 3. The second-order valence-electron chi connectivity index (χ2n) is 9.42. The SMILES string of the molecule is COc1ccc(Cn2cc([C@@H](C)NS(=O)(=O)C3CC3)c3ccc(-c4ccccc4C(F)(F)F)cc32)cc1. The first-order valence-corrected chi connectivity index (χ1v) is 13.5. The molecule has 0 bridgehead atoms. The van der Waals surface area contributed by atoms with Crippen molar-refractivity contribution in [1.29, 1.82) is 0 Å². The summed E-state index contributed by atoms with van der Waals surface area (Å²) >= 11 is 0. The van der Waals surface area contributed by atoms with Crippen molar-refractivity contribution >= 4 is 20.9 Å². The van der Waals surface area contributed by atoms with Gasteiger partial charge in [-0.2, -0.15) is 13.2 Å². The van der Waals surface area contributed by atoms with Gasteiger partial charge in [-0.15, -0.1) is 0 Å². The molecule has 1 aliphatic carbocycles. The molecule has 1 N–H and O–H groups in total. The van der Waals surface area contributed by atoms with Gasteiger partial charge in [0.15, 0.2) is 0 Å². The fraction of sp³-hybridized carbons (Fsp3) is 0.286. The average molecular weight is 529 g/mol. The van der Waals surface area contributed by atoms with Crippen molar-refractivity contribution in [3.8, 4) is 16.9 Å². The van der Waals surface area contributed by atoms with Gasteiger partial charge in [-0.1, -0.05) is 42.5 Å². The van der Waals surface area contributed by atoms with Crippen LogP contribution < -0.4 is 9.46 Å². The van der Waals surface area contributed by atoms with Gasteiger partial charge in [-0.05, 0) is 66.3 Å². The lowest BCUT2D eigenvalue weighted by Gasteiger charge is -2.14. The third-order valence-electron chi connectivity index (χ3n) is 6.74. The van der Waals surface area contributed by atoms with E-state index in [0.717, 1.165) is 33.8 Å². The van der Waals surface area contributed by atoms with Crippen LogP contribution in [0.4, 0.5) is 13.2 Å². The van der Waals surface area contributed by atoms with E-state index < -0.39 is 27.8 Å². The number of methoxy groups -OCH3 is 1. The minimum atomic E-state index is -4.49. The average Bonchev–Trinajstić information content (AvgIpc) is 3.67. The van der Waals surface area contributed by atoms with Crippen LogP contribution in [-0.4, -0.2) is 25.3 Å². The Bertz CT molecular complexity index is 1540. The van der Waals surface area contributed by atoms with Gasteiger partial charge in [0.2, 0.25) is 10.0 Å². The van der Waals surface area contributed by atoms with Crippen LogP contribution in [0.1, 0.15) is 42.5 Å². The fourth-order valence-electron chi connectivity index (χ4n) is 4.66. The van der Waals surface area contributed by atoms with Crippen LogP contribution in [0.25, 0.3) is 22.0 Å². The highest BCUT2D eigenvalue weighted by Gasteiger charge is 2.37. The Morgan fingerprint density at radius 3 is 2.41 bits per heavy atom. The summed E-state index contributed by atoms with van der Waals surface area (Å²) in [6.07, 6.45) is -1.29. The van der Waals surface area contributed by atoms with E-state index in [1.165, 1.54) is 12.1 Å². The first kappa shape index (κ1) is 25.4. The fourth-order valence-corrected chi connectivity index (χ4v) is 6.23. The van der Waals surface area contributed by atoms with Gasteiger partial charge in [0.1, 0.15) is 5.75 Å². The summed E-state index contributed by atoms with van der Waals surface area (Å²) in [5, 5.41) is 0.431. The molecule has 5 rings (SSSR count). The second-order valence-corrected chi connectivity index (χ2v) is 11.4. The largest absolute Gasteiger partial charge is 0.497 e. The molecule has 1 saturated carbocycles. The predicted molar refractivity (Wildman–Crippen MR) is 138 cm³/mol. The third kappa shape index (κ3) is 5.24. The summed E-state index contributed by atoms with van der Waals surface area (Å²) in [4.78, 5) is 0. The van der Waals surface area contributed by atoms with Crippen molar-refractivity contribution in [1.82, 2.24) is 9.29 Å². The highest BCUT2D eigenvalue weighted by atomic mass is 32.2. The highest BCUT2D eigenvalue weighted by molar-refractivity contribution is 7.90. The minimum absolute atomic E-state index is 0.0955. The lowest BCUT2D eigenvalue weighted by molar-refractivity contribution is -0.137. The molecule has 1 atom stereocenters. The molecule has 0 unspecified atom stereocenters. The Labute approximate surface area is 213 Å². The van der Waals surface area contributed by atoms with Crippen molar-refractivity contribution in [2.24, 2.45) is 0 Å². The lowest BCUT2D eigenvalue weighted by Crippen LogP contribution is -2.29. The first-order valence-electron chi connectivity index (χ1n) is 12.0. The molecule has 3 aromatic carbocycles. The summed E-state index contributed by atoms with van der Waals surface area (Å²) in [5.74, 6) is 0.718. The van der Waals surface area contributed by atoms with Crippen LogP contribution in [0.3, 0.4) is 0 Å². The zero-order chi connectivity index (χ0) is 26.4. The summed E-state index contributed by atoms with van der Waals surface area (Å²) in [7, 11) is -1.84. The van der Waals surface area contributed by atoms with Crippen LogP contribution >= 0.6 is 0 Å². The number of rotatable bonds is 8. The van der Waals surface area contributed by atoms with Gasteiger partial charge < -0.3 is 9.30 Å². The molecule has 37 heavy (non-hydrogen) atoms. The number of fused-ring (bicyclic) bond motifs is 1. The Balaban J connectivity index is 1.61. The third-order valence-corrected chi connectivity index (χ3v) is 8.77. The molecule has 0 spiro atoms. The summed E-state index contributed by atoms with van der Waals surface area (Å²) in [5.41, 5.74) is 2.29. The van der Waals surface area contributed by atoms with Crippen LogP contribution in [0, 0.1) is 0 Å². The molecule has 5 nitrogen and oxygen atoms in total. The Morgan fingerprint density at radius 1 is 1.05 bits per heavy atom. The molecule has 0 saturated heterocycles. The molecule has 1 fully saturated rings. The molecule has 1 aromatic heterocycles. The maximum Gasteiger partial charge on any atom is 0.417 e. The molecule has 1 heterocycles. The Kier molecular flexibility index (Phi) is 6.53. The number of hydrogen-bond donors (Lipinski definition) is 1. The lowest BCUT2D eigenvalue weighted by atomic mass is 9.97. The van der Waals surface area contributed by atoms with Gasteiger partial charge in [-0.3, -0.25) is 0 Å². The van der Waals surface area contributed by atoms with Crippen LogP contribution in [-0.2, 0) is 22.7 Å². The monoisotopic (exact) mass is 528 g/mol. The van der Waals surface area contributed by atoms with Crippen LogP contribution in [0.5, 0.6) is 5.75 Å². The molecule has 0 aliphatic heterocycles. The van der Waals surface area contributed by atoms with Gasteiger partial charge in [0.05, 0.1) is 17.9 Å². The normalized spacial score (nSPS) is 15.2. The van der Waals surface area contributed by atoms with Crippen LogP contribution in [0.15, 0.2) is 72.9 Å². The molecule has 0 radical (unpaired) electrons. The highest BCUT2D eigenvalue weighted by Crippen LogP contribution is 2.39. The summed E-state index contributed by atoms with van der Waals surface area (Å²) < 4.78 is 76.4. The standard InChI is InChI=1S/C28H27F3N2O3S/c1-18(32-37(34,35)22-12-13-22)25-17-33(16-19-7-10-21(36-2)11-8-19)27-15-20(9-14-24(25)27)23-5-3-4-6-26(23)28(29,30)31/h3-11,14-15,17-18,22,32H,12-13,16H2,1-2H3/t18-/m1/s1. The smallest absolute Gasteiger partial charge is 0.417 e. The molecule has 4 aromatic rings. The Hall–Kier alpha value is -3.30.